The van der Waals surface area contributed by atoms with Crippen LogP contribution in [-0.4, -0.2) is 41.3 Å². The van der Waals surface area contributed by atoms with Crippen molar-refractivity contribution in [3.63, 3.8) is 0 Å². The van der Waals surface area contributed by atoms with E-state index in [-0.39, 0.29) is 6.04 Å². The molecule has 1 aliphatic rings. The first-order chi connectivity index (χ1) is 13.1. The molecule has 0 unspecified atom stereocenters. The van der Waals surface area contributed by atoms with Gasteiger partial charge in [0.2, 0.25) is 11.8 Å². The number of para-hydroxylation sites is 1. The predicted molar refractivity (Wildman–Crippen MR) is 108 cm³/mol. The van der Waals surface area contributed by atoms with E-state index in [0.717, 1.165) is 42.5 Å². The number of rotatable bonds is 4. The summed E-state index contributed by atoms with van der Waals surface area (Å²) < 4.78 is 5.97. The summed E-state index contributed by atoms with van der Waals surface area (Å²) in [4.78, 5) is 4.71. The Balaban J connectivity index is 1.43. The maximum absolute atomic E-state index is 6.34. The van der Waals surface area contributed by atoms with Gasteiger partial charge in [-0.15, -0.1) is 10.2 Å². The van der Waals surface area contributed by atoms with Crippen molar-refractivity contribution in [2.45, 2.75) is 19.9 Å². The van der Waals surface area contributed by atoms with E-state index in [1.807, 2.05) is 30.3 Å². The molecule has 0 saturated carbocycles. The Labute approximate surface area is 164 Å². The molecule has 1 aliphatic heterocycles. The summed E-state index contributed by atoms with van der Waals surface area (Å²) in [6, 6.07) is 16.2. The quantitative estimate of drug-likeness (QED) is 0.660. The first kappa shape index (κ1) is 18.0. The third-order valence-electron chi connectivity index (χ3n) is 5.12. The van der Waals surface area contributed by atoms with Crippen molar-refractivity contribution >= 4 is 17.3 Å². The lowest BCUT2D eigenvalue weighted by Crippen LogP contribution is -2.47. The molecule has 5 nitrogen and oxygen atoms in total. The summed E-state index contributed by atoms with van der Waals surface area (Å²) in [5.74, 6) is 1.24. The molecule has 0 aliphatic carbocycles. The number of aromatic nitrogens is 2. The van der Waals surface area contributed by atoms with Crippen LogP contribution in [0.15, 0.2) is 52.9 Å². The van der Waals surface area contributed by atoms with Gasteiger partial charge in [-0.1, -0.05) is 41.4 Å². The highest BCUT2D eigenvalue weighted by Crippen LogP contribution is 2.29. The third-order valence-corrected chi connectivity index (χ3v) is 5.44. The summed E-state index contributed by atoms with van der Waals surface area (Å²) in [6.07, 6.45) is 0. The van der Waals surface area contributed by atoms with Crippen molar-refractivity contribution in [1.29, 1.82) is 0 Å². The molecule has 140 valence electrons. The molecule has 0 amide bonds. The molecule has 0 radical (unpaired) electrons. The summed E-state index contributed by atoms with van der Waals surface area (Å²) in [5, 5.41) is 9.35. The zero-order valence-electron chi connectivity index (χ0n) is 15.6. The molecule has 0 bridgehead atoms. The Morgan fingerprint density at radius 3 is 2.52 bits per heavy atom. The van der Waals surface area contributed by atoms with Gasteiger partial charge in [0.25, 0.3) is 0 Å². The molecule has 2 aromatic carbocycles. The monoisotopic (exact) mass is 382 g/mol. The Hall–Kier alpha value is -2.37. The van der Waals surface area contributed by atoms with E-state index in [1.54, 1.807) is 0 Å². The molecule has 1 saturated heterocycles. The van der Waals surface area contributed by atoms with Gasteiger partial charge >= 0.3 is 0 Å². The first-order valence-electron chi connectivity index (χ1n) is 9.26. The Morgan fingerprint density at radius 1 is 1.00 bits per heavy atom. The van der Waals surface area contributed by atoms with E-state index in [9.17, 15) is 0 Å². The van der Waals surface area contributed by atoms with Crippen LogP contribution in [0.1, 0.15) is 24.4 Å². The van der Waals surface area contributed by atoms with Crippen molar-refractivity contribution in [3.05, 3.63) is 65.0 Å². The molecule has 4 rings (SSSR count). The molecule has 6 heteroatoms. The van der Waals surface area contributed by atoms with Crippen LogP contribution in [0.2, 0.25) is 5.02 Å². The topological polar surface area (TPSA) is 45.4 Å². The number of benzene rings is 2. The Morgan fingerprint density at radius 2 is 1.78 bits per heavy atom. The van der Waals surface area contributed by atoms with Gasteiger partial charge in [-0.3, -0.25) is 4.90 Å². The second-order valence-corrected chi connectivity index (χ2v) is 7.37. The standard InChI is InChI=1S/C21H23ClN4O/c1-15-6-5-7-17(14-15)21-24-23-20(27-21)16(2)25-10-12-26(13-11-25)19-9-4-3-8-18(19)22/h3-9,14,16H,10-13H2,1-2H3/t16-/m1/s1. The maximum atomic E-state index is 6.34. The van der Waals surface area contributed by atoms with Crippen molar-refractivity contribution in [3.8, 4) is 11.5 Å². The third kappa shape index (κ3) is 3.84. The minimum Gasteiger partial charge on any atom is -0.419 e. The van der Waals surface area contributed by atoms with Gasteiger partial charge in [0.1, 0.15) is 0 Å². The fourth-order valence-corrected chi connectivity index (χ4v) is 3.77. The minimum absolute atomic E-state index is 0.0875. The first-order valence-corrected chi connectivity index (χ1v) is 9.63. The zero-order valence-corrected chi connectivity index (χ0v) is 16.4. The van der Waals surface area contributed by atoms with Crippen molar-refractivity contribution in [2.75, 3.05) is 31.1 Å². The van der Waals surface area contributed by atoms with Crippen LogP contribution in [0, 0.1) is 6.92 Å². The lowest BCUT2D eigenvalue weighted by atomic mass is 10.1. The number of halogens is 1. The molecule has 3 aromatic rings. The van der Waals surface area contributed by atoms with Crippen LogP contribution in [-0.2, 0) is 0 Å². The maximum Gasteiger partial charge on any atom is 0.247 e. The fraction of sp³-hybridized carbons (Fsp3) is 0.333. The number of hydrogen-bond donors (Lipinski definition) is 0. The van der Waals surface area contributed by atoms with Crippen LogP contribution in [0.3, 0.4) is 0 Å². The highest BCUT2D eigenvalue weighted by Gasteiger charge is 2.26. The summed E-state index contributed by atoms with van der Waals surface area (Å²) in [7, 11) is 0. The summed E-state index contributed by atoms with van der Waals surface area (Å²) >= 11 is 6.34. The predicted octanol–water partition coefficient (Wildman–Crippen LogP) is 4.58. The number of hydrogen-bond acceptors (Lipinski definition) is 5. The van der Waals surface area contributed by atoms with Crippen molar-refractivity contribution in [1.82, 2.24) is 15.1 Å². The van der Waals surface area contributed by atoms with Crippen molar-refractivity contribution in [2.24, 2.45) is 0 Å². The van der Waals surface area contributed by atoms with E-state index < -0.39 is 0 Å². The van der Waals surface area contributed by atoms with Gasteiger partial charge in [0.15, 0.2) is 0 Å². The van der Waals surface area contributed by atoms with E-state index >= 15 is 0 Å². The molecule has 0 spiro atoms. The summed E-state index contributed by atoms with van der Waals surface area (Å²) in [6.45, 7) is 7.88. The fourth-order valence-electron chi connectivity index (χ4n) is 3.51. The van der Waals surface area contributed by atoms with E-state index in [0.29, 0.717) is 11.8 Å². The van der Waals surface area contributed by atoms with Gasteiger partial charge in [0.05, 0.1) is 16.8 Å². The van der Waals surface area contributed by atoms with Gasteiger partial charge in [-0.25, -0.2) is 0 Å². The Kier molecular flexibility index (Phi) is 5.14. The second kappa shape index (κ2) is 7.71. The van der Waals surface area contributed by atoms with Crippen LogP contribution < -0.4 is 4.90 Å². The van der Waals surface area contributed by atoms with Crippen LogP contribution in [0.4, 0.5) is 5.69 Å². The number of nitrogens with zero attached hydrogens (tertiary/aromatic N) is 4. The van der Waals surface area contributed by atoms with E-state index in [2.05, 4.69) is 52.0 Å². The van der Waals surface area contributed by atoms with Gasteiger partial charge in [-0.2, -0.15) is 0 Å². The average Bonchev–Trinajstić information content (AvgIpc) is 3.18. The normalized spacial score (nSPS) is 16.5. The van der Waals surface area contributed by atoms with Gasteiger partial charge in [-0.05, 0) is 38.1 Å². The molecule has 27 heavy (non-hydrogen) atoms. The smallest absolute Gasteiger partial charge is 0.247 e. The van der Waals surface area contributed by atoms with Gasteiger partial charge < -0.3 is 9.32 Å². The van der Waals surface area contributed by atoms with Gasteiger partial charge in [0, 0.05) is 31.7 Å². The summed E-state index contributed by atoms with van der Waals surface area (Å²) in [5.41, 5.74) is 3.24. The molecule has 1 fully saturated rings. The molecular weight excluding hydrogens is 360 g/mol. The van der Waals surface area contributed by atoms with Crippen LogP contribution >= 0.6 is 11.6 Å². The number of anilines is 1. The van der Waals surface area contributed by atoms with E-state index in [1.165, 1.54) is 5.56 Å². The molecule has 0 N–H and O–H groups in total. The number of piperazine rings is 1. The van der Waals surface area contributed by atoms with E-state index in [4.69, 9.17) is 16.0 Å². The highest BCUT2D eigenvalue weighted by atomic mass is 35.5. The minimum atomic E-state index is 0.0875. The second-order valence-electron chi connectivity index (χ2n) is 6.97. The Bertz CT molecular complexity index is 918. The average molecular weight is 383 g/mol. The SMILES string of the molecule is Cc1cccc(-c2nnc([C@@H](C)N3CCN(c4ccccc4Cl)CC3)o2)c1. The molecular formula is C21H23ClN4O. The lowest BCUT2D eigenvalue weighted by molar-refractivity contribution is 0.174. The lowest BCUT2D eigenvalue weighted by Gasteiger charge is -2.38. The largest absolute Gasteiger partial charge is 0.419 e. The van der Waals surface area contributed by atoms with Crippen molar-refractivity contribution < 1.29 is 4.42 Å². The highest BCUT2D eigenvalue weighted by molar-refractivity contribution is 6.33. The number of aryl methyl sites for hydroxylation is 1. The zero-order chi connectivity index (χ0) is 18.8. The molecule has 1 aromatic heterocycles. The van der Waals surface area contributed by atoms with Crippen LogP contribution in [0.5, 0.6) is 0 Å². The molecule has 2 heterocycles. The molecule has 1 atom stereocenters. The van der Waals surface area contributed by atoms with Crippen LogP contribution in [0.25, 0.3) is 11.5 Å².